The van der Waals surface area contributed by atoms with Crippen molar-refractivity contribution in [1.82, 2.24) is 4.90 Å². The van der Waals surface area contributed by atoms with E-state index in [4.69, 9.17) is 11.6 Å². The molecule has 0 saturated carbocycles. The largest absolute Gasteiger partial charge is 0.310 e. The number of anilines is 1. The van der Waals surface area contributed by atoms with Gasteiger partial charge in [0, 0.05) is 30.3 Å². The third-order valence-corrected chi connectivity index (χ3v) is 4.61. The summed E-state index contributed by atoms with van der Waals surface area (Å²) in [4.78, 5) is 16.8. The molecule has 3 rings (SSSR count). The maximum absolute atomic E-state index is 12.7. The van der Waals surface area contributed by atoms with E-state index in [0.717, 1.165) is 18.8 Å². The lowest BCUT2D eigenvalue weighted by Gasteiger charge is -2.39. The van der Waals surface area contributed by atoms with Crippen LogP contribution in [0.25, 0.3) is 0 Å². The number of aryl methyl sites for hydroxylation is 1. The lowest BCUT2D eigenvalue weighted by Crippen LogP contribution is -2.55. The minimum Gasteiger partial charge on any atom is -0.310 e. The summed E-state index contributed by atoms with van der Waals surface area (Å²) in [6, 6.07) is 15.8. The summed E-state index contributed by atoms with van der Waals surface area (Å²) in [5, 5.41) is 0.658. The highest BCUT2D eigenvalue weighted by molar-refractivity contribution is 6.30. The van der Waals surface area contributed by atoms with Crippen LogP contribution in [0.1, 0.15) is 18.1 Å². The molecule has 1 aliphatic heterocycles. The molecule has 1 saturated heterocycles. The Hall–Kier alpha value is -1.84. The first-order valence-corrected chi connectivity index (χ1v) is 8.29. The topological polar surface area (TPSA) is 23.6 Å². The van der Waals surface area contributed by atoms with E-state index in [2.05, 4.69) is 36.1 Å². The van der Waals surface area contributed by atoms with Crippen molar-refractivity contribution < 1.29 is 4.79 Å². The molecule has 2 aromatic rings. The first-order valence-electron chi connectivity index (χ1n) is 7.91. The van der Waals surface area contributed by atoms with E-state index < -0.39 is 0 Å². The molecular weight excluding hydrogens is 308 g/mol. The number of halogens is 1. The first-order chi connectivity index (χ1) is 11.0. The van der Waals surface area contributed by atoms with E-state index in [9.17, 15) is 4.79 Å². The zero-order valence-corrected chi connectivity index (χ0v) is 14.3. The fraction of sp³-hybridized carbons (Fsp3) is 0.316. The molecule has 120 valence electrons. The van der Waals surface area contributed by atoms with Gasteiger partial charge in [0.2, 0.25) is 5.91 Å². The van der Waals surface area contributed by atoms with Gasteiger partial charge in [-0.2, -0.15) is 0 Å². The average molecular weight is 329 g/mol. The molecule has 0 aromatic heterocycles. The Bertz CT molecular complexity index is 716. The highest BCUT2D eigenvalue weighted by Gasteiger charge is 2.32. The van der Waals surface area contributed by atoms with Gasteiger partial charge in [-0.15, -0.1) is 0 Å². The molecule has 1 aliphatic rings. The SMILES string of the molecule is Cc1cccc(CN2CCN(c3cccc(Cl)c3)C(=O)[C@H]2C)c1. The molecule has 0 bridgehead atoms. The molecule has 1 fully saturated rings. The van der Waals surface area contributed by atoms with Crippen LogP contribution >= 0.6 is 11.6 Å². The van der Waals surface area contributed by atoms with Gasteiger partial charge in [0.15, 0.2) is 0 Å². The quantitative estimate of drug-likeness (QED) is 0.853. The minimum absolute atomic E-state index is 0.131. The van der Waals surface area contributed by atoms with E-state index >= 15 is 0 Å². The molecule has 0 radical (unpaired) electrons. The molecule has 1 atom stereocenters. The van der Waals surface area contributed by atoms with Crippen molar-refractivity contribution >= 4 is 23.2 Å². The molecule has 2 aromatic carbocycles. The number of carbonyl (C=O) groups is 1. The molecule has 23 heavy (non-hydrogen) atoms. The number of carbonyl (C=O) groups excluding carboxylic acids is 1. The van der Waals surface area contributed by atoms with Crippen LogP contribution in [0.3, 0.4) is 0 Å². The van der Waals surface area contributed by atoms with Gasteiger partial charge in [-0.1, -0.05) is 47.5 Å². The number of piperazine rings is 1. The molecular formula is C19H21ClN2O. The van der Waals surface area contributed by atoms with Gasteiger partial charge < -0.3 is 4.90 Å². The zero-order valence-electron chi connectivity index (χ0n) is 13.5. The van der Waals surface area contributed by atoms with Crippen molar-refractivity contribution in [2.75, 3.05) is 18.0 Å². The summed E-state index contributed by atoms with van der Waals surface area (Å²) in [5.74, 6) is 0.131. The maximum Gasteiger partial charge on any atom is 0.244 e. The van der Waals surface area contributed by atoms with Crippen LogP contribution in [0.15, 0.2) is 48.5 Å². The highest BCUT2D eigenvalue weighted by atomic mass is 35.5. The number of hydrogen-bond acceptors (Lipinski definition) is 2. The zero-order chi connectivity index (χ0) is 16.4. The summed E-state index contributed by atoms with van der Waals surface area (Å²) in [6.45, 7) is 6.42. The first kappa shape index (κ1) is 16.0. The second-order valence-electron chi connectivity index (χ2n) is 6.11. The number of nitrogens with zero attached hydrogens (tertiary/aromatic N) is 2. The van der Waals surface area contributed by atoms with Gasteiger partial charge in [-0.25, -0.2) is 0 Å². The number of rotatable bonds is 3. The highest BCUT2D eigenvalue weighted by Crippen LogP contribution is 2.24. The second-order valence-corrected chi connectivity index (χ2v) is 6.54. The molecule has 1 amide bonds. The molecule has 4 heteroatoms. The van der Waals surface area contributed by atoms with Gasteiger partial charge in [0.05, 0.1) is 6.04 Å². The van der Waals surface area contributed by atoms with Crippen molar-refractivity contribution in [3.05, 3.63) is 64.7 Å². The normalized spacial score (nSPS) is 19.2. The van der Waals surface area contributed by atoms with Gasteiger partial charge in [0.1, 0.15) is 0 Å². The Kier molecular flexibility index (Phi) is 4.69. The molecule has 0 aliphatic carbocycles. The van der Waals surface area contributed by atoms with E-state index in [1.807, 2.05) is 36.1 Å². The number of benzene rings is 2. The third kappa shape index (κ3) is 3.57. The van der Waals surface area contributed by atoms with Crippen LogP contribution < -0.4 is 4.90 Å². The van der Waals surface area contributed by atoms with E-state index in [1.165, 1.54) is 11.1 Å². The second kappa shape index (κ2) is 6.73. The van der Waals surface area contributed by atoms with Crippen LogP contribution in [0.2, 0.25) is 5.02 Å². The van der Waals surface area contributed by atoms with Crippen LogP contribution in [0, 0.1) is 6.92 Å². The molecule has 0 unspecified atom stereocenters. The monoisotopic (exact) mass is 328 g/mol. The van der Waals surface area contributed by atoms with Crippen molar-refractivity contribution in [3.8, 4) is 0 Å². The van der Waals surface area contributed by atoms with Gasteiger partial charge in [0.25, 0.3) is 0 Å². The van der Waals surface area contributed by atoms with E-state index in [0.29, 0.717) is 11.6 Å². The average Bonchev–Trinajstić information content (AvgIpc) is 2.52. The Morgan fingerprint density at radius 2 is 1.91 bits per heavy atom. The summed E-state index contributed by atoms with van der Waals surface area (Å²) >= 11 is 6.05. The molecule has 0 spiro atoms. The van der Waals surface area contributed by atoms with Crippen molar-refractivity contribution in [2.45, 2.75) is 26.4 Å². The van der Waals surface area contributed by atoms with Crippen LogP contribution in [-0.2, 0) is 11.3 Å². The van der Waals surface area contributed by atoms with Crippen LogP contribution in [0.4, 0.5) is 5.69 Å². The Morgan fingerprint density at radius 3 is 2.65 bits per heavy atom. The van der Waals surface area contributed by atoms with E-state index in [1.54, 1.807) is 0 Å². The lowest BCUT2D eigenvalue weighted by atomic mass is 10.1. The third-order valence-electron chi connectivity index (χ3n) is 4.37. The Labute approximate surface area is 142 Å². The van der Waals surface area contributed by atoms with Crippen LogP contribution in [-0.4, -0.2) is 29.9 Å². The van der Waals surface area contributed by atoms with E-state index in [-0.39, 0.29) is 11.9 Å². The molecule has 3 nitrogen and oxygen atoms in total. The molecule has 1 heterocycles. The Balaban J connectivity index is 1.73. The van der Waals surface area contributed by atoms with Gasteiger partial charge in [-0.05, 0) is 37.6 Å². The number of amides is 1. The summed E-state index contributed by atoms with van der Waals surface area (Å²) < 4.78 is 0. The lowest BCUT2D eigenvalue weighted by molar-refractivity contribution is -0.125. The fourth-order valence-corrected chi connectivity index (χ4v) is 3.26. The summed E-state index contributed by atoms with van der Waals surface area (Å²) in [7, 11) is 0. The summed E-state index contributed by atoms with van der Waals surface area (Å²) in [6.07, 6.45) is 0. The van der Waals surface area contributed by atoms with Gasteiger partial charge in [-0.3, -0.25) is 9.69 Å². The predicted octanol–water partition coefficient (Wildman–Crippen LogP) is 3.89. The van der Waals surface area contributed by atoms with Crippen molar-refractivity contribution in [3.63, 3.8) is 0 Å². The van der Waals surface area contributed by atoms with Crippen LogP contribution in [0.5, 0.6) is 0 Å². The summed E-state index contributed by atoms with van der Waals surface area (Å²) in [5.41, 5.74) is 3.38. The maximum atomic E-state index is 12.7. The smallest absolute Gasteiger partial charge is 0.244 e. The standard InChI is InChI=1S/C19H21ClN2O/c1-14-5-3-6-16(11-14)13-21-9-10-22(19(23)15(21)2)18-8-4-7-17(20)12-18/h3-8,11-12,15H,9-10,13H2,1-2H3/t15-/m1/s1. The Morgan fingerprint density at radius 1 is 1.13 bits per heavy atom. The minimum atomic E-state index is -0.136. The predicted molar refractivity (Wildman–Crippen MR) is 94.9 cm³/mol. The van der Waals surface area contributed by atoms with Gasteiger partial charge >= 0.3 is 0 Å². The molecule has 0 N–H and O–H groups in total. The fourth-order valence-electron chi connectivity index (χ4n) is 3.08. The van der Waals surface area contributed by atoms with Crippen molar-refractivity contribution in [1.29, 1.82) is 0 Å². The van der Waals surface area contributed by atoms with Crippen molar-refractivity contribution in [2.24, 2.45) is 0 Å². The number of hydrogen-bond donors (Lipinski definition) is 0.